The fraction of sp³-hybridized carbons (Fsp3) is 0.500. The quantitative estimate of drug-likeness (QED) is 0.786. The van der Waals surface area contributed by atoms with Crippen molar-refractivity contribution in [2.75, 3.05) is 18.1 Å². The first kappa shape index (κ1) is 12.7. The maximum absolute atomic E-state index is 4.70. The molecule has 1 aliphatic rings. The topological polar surface area (TPSA) is 49.7 Å². The second kappa shape index (κ2) is 4.76. The summed E-state index contributed by atoms with van der Waals surface area (Å²) in [6, 6.07) is 2.10. The first-order valence-electron chi connectivity index (χ1n) is 7.84. The molecule has 0 bridgehead atoms. The fourth-order valence-corrected chi connectivity index (χ4v) is 3.54. The van der Waals surface area contributed by atoms with Gasteiger partial charge in [-0.2, -0.15) is 0 Å². The number of fused-ring (bicyclic) bond motifs is 3. The molecule has 5 heteroatoms. The predicted octanol–water partition coefficient (Wildman–Crippen LogP) is 2.98. The van der Waals surface area contributed by atoms with Crippen LogP contribution in [0.1, 0.15) is 32.0 Å². The van der Waals surface area contributed by atoms with Crippen LogP contribution in [0.4, 0.5) is 0 Å². The number of H-pyrrole nitrogens is 1. The Morgan fingerprint density at radius 1 is 1.33 bits per heavy atom. The number of pyridine rings is 1. The van der Waals surface area contributed by atoms with Crippen LogP contribution in [-0.4, -0.2) is 32.7 Å². The predicted molar refractivity (Wildman–Crippen MR) is 85.1 cm³/mol. The number of aryl methyl sites for hydroxylation is 1. The lowest BCUT2D eigenvalue weighted by molar-refractivity contribution is 0.356. The van der Waals surface area contributed by atoms with Crippen LogP contribution in [0.15, 0.2) is 18.5 Å². The van der Waals surface area contributed by atoms with Crippen LogP contribution in [0.3, 0.4) is 0 Å². The van der Waals surface area contributed by atoms with Crippen LogP contribution < -0.4 is 5.01 Å². The summed E-state index contributed by atoms with van der Waals surface area (Å²) in [6.45, 7) is 6.61. The Labute approximate surface area is 124 Å². The highest BCUT2D eigenvalue weighted by molar-refractivity contribution is 6.01. The molecule has 21 heavy (non-hydrogen) atoms. The van der Waals surface area contributed by atoms with E-state index in [1.54, 1.807) is 0 Å². The zero-order valence-corrected chi connectivity index (χ0v) is 12.6. The zero-order chi connectivity index (χ0) is 14.4. The summed E-state index contributed by atoms with van der Waals surface area (Å²) in [5.41, 5.74) is 3.11. The van der Waals surface area contributed by atoms with Gasteiger partial charge in [0.15, 0.2) is 0 Å². The maximum Gasteiger partial charge on any atom is 0.139 e. The van der Waals surface area contributed by atoms with Crippen LogP contribution in [0.5, 0.6) is 0 Å². The minimum atomic E-state index is 0.880. The van der Waals surface area contributed by atoms with Crippen LogP contribution >= 0.6 is 0 Å². The Kier molecular flexibility index (Phi) is 2.87. The van der Waals surface area contributed by atoms with E-state index in [2.05, 4.69) is 39.6 Å². The van der Waals surface area contributed by atoms with Crippen molar-refractivity contribution < 1.29 is 0 Å². The Morgan fingerprint density at radius 2 is 2.14 bits per heavy atom. The monoisotopic (exact) mass is 283 g/mol. The summed E-state index contributed by atoms with van der Waals surface area (Å²) in [4.78, 5) is 12.3. The summed E-state index contributed by atoms with van der Waals surface area (Å²) in [6.07, 6.45) is 7.67. The van der Waals surface area contributed by atoms with Gasteiger partial charge in [-0.3, -0.25) is 0 Å². The third-order valence-corrected chi connectivity index (χ3v) is 4.79. The summed E-state index contributed by atoms with van der Waals surface area (Å²) in [7, 11) is 0. The van der Waals surface area contributed by atoms with Gasteiger partial charge in [-0.15, -0.1) is 0 Å². The van der Waals surface area contributed by atoms with Crippen LogP contribution in [0.2, 0.25) is 0 Å². The number of nitrogens with zero attached hydrogens (tertiary/aromatic N) is 4. The smallest absolute Gasteiger partial charge is 0.139 e. The Hall–Kier alpha value is -2.04. The molecule has 1 fully saturated rings. The molecule has 1 saturated heterocycles. The van der Waals surface area contributed by atoms with Gasteiger partial charge in [0, 0.05) is 24.7 Å². The molecule has 3 aromatic heterocycles. The molecule has 0 spiro atoms. The van der Waals surface area contributed by atoms with Crippen LogP contribution in [0, 0.1) is 12.8 Å². The minimum absolute atomic E-state index is 0.880. The van der Waals surface area contributed by atoms with Crippen molar-refractivity contribution >= 4 is 22.1 Å². The molecule has 3 aromatic rings. The van der Waals surface area contributed by atoms with E-state index in [1.807, 2.05) is 12.4 Å². The van der Waals surface area contributed by atoms with E-state index in [0.717, 1.165) is 41.4 Å². The molecule has 110 valence electrons. The van der Waals surface area contributed by atoms with Crippen molar-refractivity contribution in [3.05, 3.63) is 24.3 Å². The largest absolute Gasteiger partial charge is 0.346 e. The highest BCUT2D eigenvalue weighted by atomic mass is 15.6. The van der Waals surface area contributed by atoms with E-state index in [4.69, 9.17) is 4.98 Å². The second-order valence-corrected chi connectivity index (χ2v) is 6.01. The van der Waals surface area contributed by atoms with Gasteiger partial charge in [0.2, 0.25) is 0 Å². The third-order valence-electron chi connectivity index (χ3n) is 4.79. The molecular weight excluding hydrogens is 262 g/mol. The average molecular weight is 283 g/mol. The number of imidazole rings is 1. The minimum Gasteiger partial charge on any atom is -0.346 e. The number of piperidine rings is 1. The van der Waals surface area contributed by atoms with E-state index < -0.39 is 0 Å². The van der Waals surface area contributed by atoms with Gasteiger partial charge >= 0.3 is 0 Å². The summed E-state index contributed by atoms with van der Waals surface area (Å²) in [5.74, 6) is 1.93. The standard InChI is InChI=1S/C16H21N5/c1-3-12-5-8-20(9-6-12)21-11(2)19-14-10-18-16-13(15(14)21)4-7-17-16/h4,7,10,12H,3,5-6,8-9H2,1-2H3,(H,17,18). The van der Waals surface area contributed by atoms with E-state index in [-0.39, 0.29) is 0 Å². The van der Waals surface area contributed by atoms with E-state index in [9.17, 15) is 0 Å². The summed E-state index contributed by atoms with van der Waals surface area (Å²) in [5, 5.41) is 3.61. The Balaban J connectivity index is 1.84. The fourth-order valence-electron chi connectivity index (χ4n) is 3.54. The third kappa shape index (κ3) is 1.91. The van der Waals surface area contributed by atoms with Crippen molar-refractivity contribution in [2.45, 2.75) is 33.1 Å². The van der Waals surface area contributed by atoms with Gasteiger partial charge in [-0.05, 0) is 31.7 Å². The van der Waals surface area contributed by atoms with Gasteiger partial charge in [-0.25, -0.2) is 14.6 Å². The van der Waals surface area contributed by atoms with Gasteiger partial charge in [0.05, 0.1) is 6.20 Å². The van der Waals surface area contributed by atoms with Crippen molar-refractivity contribution in [2.24, 2.45) is 5.92 Å². The van der Waals surface area contributed by atoms with Gasteiger partial charge in [-0.1, -0.05) is 13.3 Å². The Bertz CT molecular complexity index is 777. The van der Waals surface area contributed by atoms with Crippen molar-refractivity contribution in [3.8, 4) is 0 Å². The number of aromatic nitrogens is 4. The number of aromatic amines is 1. The van der Waals surface area contributed by atoms with Crippen LogP contribution in [-0.2, 0) is 0 Å². The lowest BCUT2D eigenvalue weighted by atomic mass is 9.95. The lowest BCUT2D eigenvalue weighted by Crippen LogP contribution is -2.42. The first-order valence-corrected chi connectivity index (χ1v) is 7.84. The Morgan fingerprint density at radius 3 is 2.90 bits per heavy atom. The first-order chi connectivity index (χ1) is 10.3. The molecule has 1 aliphatic heterocycles. The van der Waals surface area contributed by atoms with Crippen LogP contribution in [0.25, 0.3) is 22.1 Å². The molecular formula is C16H21N5. The average Bonchev–Trinajstić information content (AvgIpc) is 3.10. The molecule has 5 nitrogen and oxygen atoms in total. The molecule has 0 atom stereocenters. The highest BCUT2D eigenvalue weighted by Crippen LogP contribution is 2.26. The molecule has 0 radical (unpaired) electrons. The molecule has 1 N–H and O–H groups in total. The summed E-state index contributed by atoms with van der Waals surface area (Å²) < 4.78 is 2.30. The normalized spacial score (nSPS) is 17.1. The van der Waals surface area contributed by atoms with E-state index in [0.29, 0.717) is 0 Å². The van der Waals surface area contributed by atoms with E-state index >= 15 is 0 Å². The second-order valence-electron chi connectivity index (χ2n) is 6.01. The zero-order valence-electron chi connectivity index (χ0n) is 12.6. The number of rotatable bonds is 2. The van der Waals surface area contributed by atoms with Crippen molar-refractivity contribution in [1.82, 2.24) is 19.6 Å². The summed E-state index contributed by atoms with van der Waals surface area (Å²) >= 11 is 0. The van der Waals surface area contributed by atoms with Gasteiger partial charge in [0.25, 0.3) is 0 Å². The molecule has 0 aliphatic carbocycles. The van der Waals surface area contributed by atoms with Crippen molar-refractivity contribution in [1.29, 1.82) is 0 Å². The molecule has 0 amide bonds. The molecule has 0 aromatic carbocycles. The maximum atomic E-state index is 4.70. The molecule has 4 heterocycles. The SMILES string of the molecule is CCC1CCN(n2c(C)nc3cnc4[nH]ccc4c32)CC1. The van der Waals surface area contributed by atoms with Gasteiger partial charge in [0.1, 0.15) is 22.5 Å². The molecule has 0 saturated carbocycles. The highest BCUT2D eigenvalue weighted by Gasteiger charge is 2.22. The molecule has 0 unspecified atom stereocenters. The van der Waals surface area contributed by atoms with Gasteiger partial charge < -0.3 is 9.99 Å². The van der Waals surface area contributed by atoms with Crippen molar-refractivity contribution in [3.63, 3.8) is 0 Å². The number of hydrogen-bond acceptors (Lipinski definition) is 3. The lowest BCUT2D eigenvalue weighted by Gasteiger charge is -2.34. The van der Waals surface area contributed by atoms with E-state index in [1.165, 1.54) is 24.8 Å². The molecule has 4 rings (SSSR count). The number of nitrogens with one attached hydrogen (secondary N) is 1. The number of hydrogen-bond donors (Lipinski definition) is 1.